The Hall–Kier alpha value is -2.56. The summed E-state index contributed by atoms with van der Waals surface area (Å²) in [7, 11) is 3.78. The third-order valence-electron chi connectivity index (χ3n) is 10.6. The highest BCUT2D eigenvalue weighted by Gasteiger charge is 2.60. The van der Waals surface area contributed by atoms with Gasteiger partial charge in [-0.1, -0.05) is 40.5 Å². The molecule has 3 fully saturated rings. The Morgan fingerprint density at radius 1 is 1.11 bits per heavy atom. The van der Waals surface area contributed by atoms with Gasteiger partial charge in [0.1, 0.15) is 31.0 Å². The molecule has 4 aliphatic rings. The number of fused-ring (bicyclic) bond motifs is 1. The van der Waals surface area contributed by atoms with Crippen molar-refractivity contribution in [3.8, 4) is 12.3 Å². The molecule has 258 valence electrons. The Bertz CT molecular complexity index is 1200. The van der Waals surface area contributed by atoms with Crippen molar-refractivity contribution < 1.29 is 43.2 Å². The maximum atomic E-state index is 13.8. The lowest BCUT2D eigenvalue weighted by atomic mass is 9.73. The molecule has 0 aromatic rings. The number of carbonyl (C=O) groups is 3. The maximum Gasteiger partial charge on any atom is 0.410 e. The summed E-state index contributed by atoms with van der Waals surface area (Å²) in [6, 6.07) is -0.707. The number of carbonyl (C=O) groups excluding carboxylic acids is 3. The van der Waals surface area contributed by atoms with Crippen LogP contribution in [-0.2, 0) is 33.3 Å². The van der Waals surface area contributed by atoms with Crippen molar-refractivity contribution in [1.29, 1.82) is 0 Å². The summed E-state index contributed by atoms with van der Waals surface area (Å²) in [5, 5.41) is 11.3. The second-order valence-electron chi connectivity index (χ2n) is 13.9. The number of nitrogens with zero attached hydrogens (tertiary/aromatic N) is 3. The molecule has 3 saturated heterocycles. The summed E-state index contributed by atoms with van der Waals surface area (Å²) in [4.78, 5) is 49.0. The summed E-state index contributed by atoms with van der Waals surface area (Å²) < 4.78 is 31.0. The van der Waals surface area contributed by atoms with E-state index < -0.39 is 78.5 Å². The molecule has 0 aromatic carbocycles. The molecule has 0 radical (unpaired) electrons. The van der Waals surface area contributed by atoms with Crippen molar-refractivity contribution in [2.75, 3.05) is 33.8 Å². The Kier molecular flexibility index (Phi) is 11.6. The van der Waals surface area contributed by atoms with Gasteiger partial charge >= 0.3 is 12.1 Å². The summed E-state index contributed by atoms with van der Waals surface area (Å²) >= 11 is 0. The topological polar surface area (TPSA) is 136 Å². The SMILES string of the molecule is C#CCO[C@@H]1[C@@H](C)[C@H](O[C@@H]2O[C@H](C)C[C@H](N(C)C)[C@H]2O)[C@@H](C)C(=O)CC(=O)O[C@@H](CC)[C@@]2(C)OC(=O)N3CCN=C([C@@H](C)C32)[C@@H]1C. The van der Waals surface area contributed by atoms with E-state index >= 15 is 0 Å². The van der Waals surface area contributed by atoms with Gasteiger partial charge in [-0.05, 0) is 40.8 Å². The molecule has 0 aliphatic carbocycles. The molecule has 1 unspecified atom stereocenters. The highest BCUT2D eigenvalue weighted by molar-refractivity contribution is 5.97. The Morgan fingerprint density at radius 2 is 1.80 bits per heavy atom. The van der Waals surface area contributed by atoms with E-state index in [0.717, 1.165) is 5.71 Å². The second kappa shape index (κ2) is 14.7. The molecule has 4 aliphatic heterocycles. The van der Waals surface area contributed by atoms with Gasteiger partial charge in [0.05, 0.1) is 30.9 Å². The molecule has 1 amide bonds. The fraction of sp³-hybridized carbons (Fsp3) is 0.824. The number of ether oxygens (including phenoxy) is 5. The molecule has 13 atom stereocenters. The first-order valence-electron chi connectivity index (χ1n) is 16.6. The predicted molar refractivity (Wildman–Crippen MR) is 170 cm³/mol. The summed E-state index contributed by atoms with van der Waals surface area (Å²) in [6.45, 7) is 14.0. The number of amides is 1. The molecule has 0 aromatic heterocycles. The number of Topliss-reactive ketones (excluding diaryl/α,β-unsaturated/α-hetero) is 1. The number of esters is 1. The zero-order chi connectivity index (χ0) is 34.1. The van der Waals surface area contributed by atoms with E-state index in [1.807, 2.05) is 53.6 Å². The lowest BCUT2D eigenvalue weighted by Gasteiger charge is -2.45. The Labute approximate surface area is 273 Å². The van der Waals surface area contributed by atoms with E-state index in [-0.39, 0.29) is 30.6 Å². The second-order valence-corrected chi connectivity index (χ2v) is 13.9. The lowest BCUT2D eigenvalue weighted by molar-refractivity contribution is -0.281. The summed E-state index contributed by atoms with van der Waals surface area (Å²) in [6.07, 6.45) is 1.26. The normalized spacial score (nSPS) is 42.4. The molecular formula is C34H53N3O9. The van der Waals surface area contributed by atoms with Crippen molar-refractivity contribution in [3.63, 3.8) is 0 Å². The van der Waals surface area contributed by atoms with Gasteiger partial charge in [-0.25, -0.2) is 4.79 Å². The number of ketones is 1. The first-order valence-corrected chi connectivity index (χ1v) is 16.6. The van der Waals surface area contributed by atoms with E-state index in [4.69, 9.17) is 35.1 Å². The van der Waals surface area contributed by atoms with Crippen molar-refractivity contribution in [2.24, 2.45) is 28.7 Å². The largest absolute Gasteiger partial charge is 0.458 e. The number of cyclic esters (lactones) is 1. The third-order valence-corrected chi connectivity index (χ3v) is 10.6. The molecule has 0 saturated carbocycles. The first-order chi connectivity index (χ1) is 21.7. The number of likely N-dealkylation sites (N-methyl/N-ethyl adjacent to an activating group) is 1. The quantitative estimate of drug-likeness (QED) is 0.260. The molecule has 12 nitrogen and oxygen atoms in total. The standard InChI is InChI=1S/C34H53N3O9/c1-11-15-42-29-20(5)27-21(6)31-34(8,46-33(41)37(31)14-13-35-27)25(12-2)44-26(39)17-24(38)19(4)30(22(29)7)45-32-28(40)23(36(9)10)16-18(3)43-32/h1,18-23,25,28-32,40H,12-17H2,2-10H3/t18-,19+,20+,21-,22-,23+,25+,28-,29+,30-,31?,32+,34-/m1/s1. The van der Waals surface area contributed by atoms with E-state index in [1.54, 1.807) is 18.7 Å². The zero-order valence-corrected chi connectivity index (χ0v) is 28.8. The van der Waals surface area contributed by atoms with E-state index in [1.165, 1.54) is 0 Å². The number of aliphatic hydroxyl groups excluding tert-OH is 1. The fourth-order valence-electron chi connectivity index (χ4n) is 8.18. The minimum Gasteiger partial charge on any atom is -0.458 e. The van der Waals surface area contributed by atoms with Crippen molar-refractivity contribution in [3.05, 3.63) is 0 Å². The number of hydrogen-bond acceptors (Lipinski definition) is 11. The first kappa shape index (κ1) is 36.3. The number of aliphatic hydroxyl groups is 1. The van der Waals surface area contributed by atoms with Crippen LogP contribution in [0, 0.1) is 36.0 Å². The zero-order valence-electron chi connectivity index (χ0n) is 28.8. The van der Waals surface area contributed by atoms with Crippen LogP contribution in [0.3, 0.4) is 0 Å². The van der Waals surface area contributed by atoms with Gasteiger partial charge in [0, 0.05) is 42.0 Å². The van der Waals surface area contributed by atoms with Crippen molar-refractivity contribution in [2.45, 2.75) is 122 Å². The van der Waals surface area contributed by atoms with Crippen LogP contribution in [0.1, 0.15) is 67.7 Å². The average Bonchev–Trinajstić information content (AvgIpc) is 3.12. The van der Waals surface area contributed by atoms with Crippen LogP contribution in [0.2, 0.25) is 0 Å². The monoisotopic (exact) mass is 647 g/mol. The third kappa shape index (κ3) is 6.99. The van der Waals surface area contributed by atoms with Crippen LogP contribution >= 0.6 is 0 Å². The van der Waals surface area contributed by atoms with Crippen LogP contribution < -0.4 is 0 Å². The van der Waals surface area contributed by atoms with Gasteiger partial charge in [0.2, 0.25) is 0 Å². The Balaban J connectivity index is 1.80. The van der Waals surface area contributed by atoms with E-state index in [9.17, 15) is 19.5 Å². The van der Waals surface area contributed by atoms with Crippen LogP contribution in [0.15, 0.2) is 4.99 Å². The predicted octanol–water partition coefficient (Wildman–Crippen LogP) is 2.69. The number of rotatable bonds is 6. The van der Waals surface area contributed by atoms with Gasteiger partial charge < -0.3 is 33.7 Å². The smallest absolute Gasteiger partial charge is 0.410 e. The molecule has 2 bridgehead atoms. The fourth-order valence-corrected chi connectivity index (χ4v) is 8.18. The highest BCUT2D eigenvalue weighted by atomic mass is 16.7. The molecular weight excluding hydrogens is 594 g/mol. The molecule has 1 N–H and O–H groups in total. The van der Waals surface area contributed by atoms with E-state index in [0.29, 0.717) is 25.9 Å². The minimum absolute atomic E-state index is 0.0114. The number of terminal acetylenes is 1. The molecule has 12 heteroatoms. The van der Waals surface area contributed by atoms with Gasteiger partial charge in [-0.2, -0.15) is 0 Å². The number of hydrogen-bond donors (Lipinski definition) is 1. The van der Waals surface area contributed by atoms with Gasteiger partial charge in [0.25, 0.3) is 0 Å². The molecule has 4 rings (SSSR count). The average molecular weight is 648 g/mol. The molecule has 0 spiro atoms. The van der Waals surface area contributed by atoms with Gasteiger partial charge in [-0.3, -0.25) is 19.5 Å². The van der Waals surface area contributed by atoms with Gasteiger partial charge in [0.15, 0.2) is 11.9 Å². The Morgan fingerprint density at radius 3 is 2.43 bits per heavy atom. The van der Waals surface area contributed by atoms with Gasteiger partial charge in [-0.15, -0.1) is 6.42 Å². The van der Waals surface area contributed by atoms with Crippen molar-refractivity contribution in [1.82, 2.24) is 9.80 Å². The number of aliphatic imine (C=N–C) groups is 1. The maximum absolute atomic E-state index is 13.8. The van der Waals surface area contributed by atoms with Crippen LogP contribution in [-0.4, -0.2) is 127 Å². The van der Waals surface area contributed by atoms with Crippen LogP contribution in [0.25, 0.3) is 0 Å². The van der Waals surface area contributed by atoms with Crippen LogP contribution in [0.4, 0.5) is 4.79 Å². The lowest BCUT2D eigenvalue weighted by Crippen LogP contribution is -2.58. The summed E-state index contributed by atoms with van der Waals surface area (Å²) in [5.41, 5.74) is -0.359. The molecule has 4 heterocycles. The minimum atomic E-state index is -1.18. The highest BCUT2D eigenvalue weighted by Crippen LogP contribution is 2.43. The van der Waals surface area contributed by atoms with Crippen molar-refractivity contribution >= 4 is 23.6 Å². The van der Waals surface area contributed by atoms with Crippen LogP contribution in [0.5, 0.6) is 0 Å². The molecule has 46 heavy (non-hydrogen) atoms. The summed E-state index contributed by atoms with van der Waals surface area (Å²) in [5.74, 6) is -0.423. The van der Waals surface area contributed by atoms with E-state index in [2.05, 4.69) is 5.92 Å².